The highest BCUT2D eigenvalue weighted by Gasteiger charge is 2.33. The van der Waals surface area contributed by atoms with Crippen molar-refractivity contribution in [1.29, 1.82) is 0 Å². The minimum absolute atomic E-state index is 0.0344. The number of hydrogen-bond acceptors (Lipinski definition) is 7. The number of halogens is 1. The summed E-state index contributed by atoms with van der Waals surface area (Å²) in [6.45, 7) is 0.687. The van der Waals surface area contributed by atoms with E-state index < -0.39 is 22.8 Å². The van der Waals surface area contributed by atoms with Crippen LogP contribution in [0.1, 0.15) is 34.8 Å². The van der Waals surface area contributed by atoms with Crippen LogP contribution in [0.25, 0.3) is 11.0 Å². The van der Waals surface area contributed by atoms with Gasteiger partial charge in [0.05, 0.1) is 11.9 Å². The Morgan fingerprint density at radius 2 is 2.03 bits per heavy atom. The van der Waals surface area contributed by atoms with Crippen LogP contribution in [0.4, 0.5) is 10.2 Å². The first-order chi connectivity index (χ1) is 17.0. The van der Waals surface area contributed by atoms with Crippen molar-refractivity contribution >= 4 is 34.7 Å². The highest BCUT2D eigenvalue weighted by molar-refractivity contribution is 5.95. The van der Waals surface area contributed by atoms with Crippen LogP contribution in [0, 0.1) is 11.7 Å². The maximum atomic E-state index is 15.2. The monoisotopic (exact) mass is 477 g/mol. The Morgan fingerprint density at radius 3 is 2.71 bits per heavy atom. The number of carbonyl (C=O) groups is 1. The second-order valence-electron chi connectivity index (χ2n) is 8.75. The summed E-state index contributed by atoms with van der Waals surface area (Å²) in [6.07, 6.45) is 4.75. The van der Waals surface area contributed by atoms with Crippen LogP contribution in [0.5, 0.6) is 0 Å². The number of rotatable bonds is 7. The van der Waals surface area contributed by atoms with Crippen molar-refractivity contribution in [3.63, 3.8) is 0 Å². The fourth-order valence-electron chi connectivity index (χ4n) is 4.42. The molecule has 10 heteroatoms. The molecule has 1 atom stereocenters. The van der Waals surface area contributed by atoms with Gasteiger partial charge in [-0.05, 0) is 24.5 Å². The zero-order valence-electron chi connectivity index (χ0n) is 18.8. The predicted molar refractivity (Wildman–Crippen MR) is 130 cm³/mol. The summed E-state index contributed by atoms with van der Waals surface area (Å²) in [5.41, 5.74) is 0.779. The Bertz CT molecular complexity index is 1400. The first kappa shape index (κ1) is 22.9. The van der Waals surface area contributed by atoms with Crippen LogP contribution < -0.4 is 10.3 Å². The lowest BCUT2D eigenvalue weighted by molar-refractivity contribution is 0.0695. The molecule has 2 N–H and O–H groups in total. The molecule has 3 aromatic rings. The molecule has 1 saturated heterocycles. The number of aromatic nitrogens is 2. The first-order valence-electron chi connectivity index (χ1n) is 11.4. The van der Waals surface area contributed by atoms with Crippen LogP contribution in [0.15, 0.2) is 57.4 Å². The average Bonchev–Trinajstić information content (AvgIpc) is 3.61. The molecule has 0 spiro atoms. The van der Waals surface area contributed by atoms with Gasteiger partial charge in [-0.25, -0.2) is 14.2 Å². The Morgan fingerprint density at radius 1 is 1.26 bits per heavy atom. The van der Waals surface area contributed by atoms with E-state index in [-0.39, 0.29) is 42.1 Å². The van der Waals surface area contributed by atoms with Crippen molar-refractivity contribution in [2.45, 2.75) is 18.9 Å². The Balaban J connectivity index is 1.48. The summed E-state index contributed by atoms with van der Waals surface area (Å²) in [4.78, 5) is 39.2. The predicted octanol–water partition coefficient (Wildman–Crippen LogP) is 2.51. The maximum absolute atomic E-state index is 15.2. The van der Waals surface area contributed by atoms with Crippen molar-refractivity contribution in [2.24, 2.45) is 15.9 Å². The molecule has 1 unspecified atom stereocenters. The minimum atomic E-state index is -1.35. The van der Waals surface area contributed by atoms with E-state index in [1.54, 1.807) is 15.7 Å². The molecule has 1 aromatic carbocycles. The number of carboxylic acid groups (broad SMARTS) is 1. The lowest BCUT2D eigenvalue weighted by atomic mass is 10.1. The SMILES string of the molecule is O=C(O)c1cn(C2CC2)c2nc(N3C/C(=N\CO)C(CN=Cc4ccccc4)C3)c(F)cc2c1=O. The molecule has 1 saturated carbocycles. The molecular formula is C25H24FN5O4. The van der Waals surface area contributed by atoms with E-state index >= 15 is 4.39 Å². The zero-order chi connectivity index (χ0) is 24.5. The second kappa shape index (κ2) is 9.38. The third-order valence-corrected chi connectivity index (χ3v) is 6.31. The van der Waals surface area contributed by atoms with Crippen molar-refractivity contribution in [2.75, 3.05) is 31.3 Å². The molecule has 2 fully saturated rings. The molecule has 1 aliphatic carbocycles. The number of benzene rings is 1. The molecule has 2 aromatic heterocycles. The summed E-state index contributed by atoms with van der Waals surface area (Å²) >= 11 is 0. The fourth-order valence-corrected chi connectivity index (χ4v) is 4.42. The average molecular weight is 477 g/mol. The minimum Gasteiger partial charge on any atom is -0.477 e. The van der Waals surface area contributed by atoms with Gasteiger partial charge >= 0.3 is 5.97 Å². The van der Waals surface area contributed by atoms with Crippen LogP contribution in [-0.2, 0) is 0 Å². The van der Waals surface area contributed by atoms with Gasteiger partial charge in [0.25, 0.3) is 0 Å². The van der Waals surface area contributed by atoms with Gasteiger partial charge in [0.1, 0.15) is 17.9 Å². The zero-order valence-corrected chi connectivity index (χ0v) is 18.8. The number of anilines is 1. The van der Waals surface area contributed by atoms with Crippen molar-refractivity contribution in [3.8, 4) is 0 Å². The van der Waals surface area contributed by atoms with E-state index in [4.69, 9.17) is 0 Å². The quantitative estimate of drug-likeness (QED) is 0.505. The standard InChI is InChI=1S/C25H24FN5O4/c26-20-8-18-22(33)19(25(34)35)12-31(17-6-7-17)23(18)29-24(20)30-11-16(21(13-30)28-14-32)10-27-9-15-4-2-1-3-5-15/h1-5,8-9,12,16-17,32H,6-7,10-11,13-14H2,(H,34,35)/b27-9?,28-21+. The van der Waals surface area contributed by atoms with E-state index in [1.165, 1.54) is 6.20 Å². The molecule has 0 amide bonds. The van der Waals surface area contributed by atoms with Gasteiger partial charge in [-0.15, -0.1) is 0 Å². The third-order valence-electron chi connectivity index (χ3n) is 6.31. The normalized spacial score (nSPS) is 19.3. The first-order valence-corrected chi connectivity index (χ1v) is 11.4. The van der Waals surface area contributed by atoms with Crippen LogP contribution >= 0.6 is 0 Å². The van der Waals surface area contributed by atoms with Gasteiger partial charge in [0.15, 0.2) is 11.6 Å². The fraction of sp³-hybridized carbons (Fsp3) is 0.320. The highest BCUT2D eigenvalue weighted by Crippen LogP contribution is 2.37. The number of carboxylic acids is 1. The summed E-state index contributed by atoms with van der Waals surface area (Å²) in [5.74, 6) is -2.14. The van der Waals surface area contributed by atoms with E-state index in [2.05, 4.69) is 15.0 Å². The molecule has 0 radical (unpaired) electrons. The molecule has 2 aliphatic rings. The molecule has 35 heavy (non-hydrogen) atoms. The third kappa shape index (κ3) is 4.57. The summed E-state index contributed by atoms with van der Waals surface area (Å²) in [7, 11) is 0. The van der Waals surface area contributed by atoms with E-state index in [1.807, 2.05) is 30.3 Å². The molecular weight excluding hydrogens is 453 g/mol. The number of aliphatic hydroxyl groups is 1. The van der Waals surface area contributed by atoms with Crippen molar-refractivity contribution < 1.29 is 19.4 Å². The summed E-state index contributed by atoms with van der Waals surface area (Å²) in [5, 5.41) is 18.8. The molecule has 5 rings (SSSR count). The second-order valence-corrected chi connectivity index (χ2v) is 8.75. The van der Waals surface area contributed by atoms with Crippen LogP contribution in [0.3, 0.4) is 0 Å². The van der Waals surface area contributed by atoms with Gasteiger partial charge < -0.3 is 19.7 Å². The van der Waals surface area contributed by atoms with E-state index in [0.717, 1.165) is 24.5 Å². The van der Waals surface area contributed by atoms with E-state index in [0.29, 0.717) is 18.8 Å². The number of pyridine rings is 2. The smallest absolute Gasteiger partial charge is 0.341 e. The van der Waals surface area contributed by atoms with Gasteiger partial charge in [-0.1, -0.05) is 30.3 Å². The number of aliphatic imine (C=N–C) groups is 2. The number of hydrogen-bond donors (Lipinski definition) is 2. The Kier molecular flexibility index (Phi) is 6.12. The number of nitrogens with zero attached hydrogens (tertiary/aromatic N) is 5. The van der Waals surface area contributed by atoms with Crippen LogP contribution in [-0.4, -0.2) is 64.0 Å². The molecule has 3 heterocycles. The van der Waals surface area contributed by atoms with Gasteiger partial charge in [-0.3, -0.25) is 14.8 Å². The van der Waals surface area contributed by atoms with Crippen molar-refractivity contribution in [3.05, 3.63) is 69.8 Å². The van der Waals surface area contributed by atoms with Crippen LogP contribution in [0.2, 0.25) is 0 Å². The molecule has 1 aliphatic heterocycles. The topological polar surface area (TPSA) is 120 Å². The van der Waals surface area contributed by atoms with Gasteiger partial charge in [0.2, 0.25) is 5.43 Å². The maximum Gasteiger partial charge on any atom is 0.341 e. The van der Waals surface area contributed by atoms with Gasteiger partial charge in [0, 0.05) is 43.2 Å². The lowest BCUT2D eigenvalue weighted by Gasteiger charge is -2.19. The molecule has 9 nitrogen and oxygen atoms in total. The largest absolute Gasteiger partial charge is 0.477 e. The number of fused-ring (bicyclic) bond motifs is 1. The van der Waals surface area contributed by atoms with Gasteiger partial charge in [-0.2, -0.15) is 0 Å². The van der Waals surface area contributed by atoms with E-state index in [9.17, 15) is 19.8 Å². The summed E-state index contributed by atoms with van der Waals surface area (Å²) < 4.78 is 16.9. The lowest BCUT2D eigenvalue weighted by Crippen LogP contribution is -2.25. The Labute approximate surface area is 199 Å². The molecule has 0 bridgehead atoms. The number of aromatic carboxylic acids is 1. The highest BCUT2D eigenvalue weighted by atomic mass is 19.1. The summed E-state index contributed by atoms with van der Waals surface area (Å²) in [6, 6.07) is 10.8. The Hall–Kier alpha value is -3.92. The number of aliphatic hydroxyl groups excluding tert-OH is 1. The van der Waals surface area contributed by atoms with Crippen molar-refractivity contribution in [1.82, 2.24) is 9.55 Å². The molecule has 180 valence electrons.